The average Bonchev–Trinajstić information content (AvgIpc) is 2.94. The maximum Gasteiger partial charge on any atom is 0.187 e. The van der Waals surface area contributed by atoms with Gasteiger partial charge in [0.15, 0.2) is 5.82 Å². The van der Waals surface area contributed by atoms with Gasteiger partial charge in [-0.2, -0.15) is 4.68 Å². The van der Waals surface area contributed by atoms with Crippen molar-refractivity contribution < 1.29 is 0 Å². The number of hydrogen-bond donors (Lipinski definition) is 1. The van der Waals surface area contributed by atoms with Crippen LogP contribution in [0.2, 0.25) is 10.0 Å². The van der Waals surface area contributed by atoms with Crippen LogP contribution in [0.4, 0.5) is 5.69 Å². The van der Waals surface area contributed by atoms with E-state index in [1.54, 1.807) is 24.3 Å². The first-order chi connectivity index (χ1) is 10.1. The summed E-state index contributed by atoms with van der Waals surface area (Å²) in [6.07, 6.45) is 0. The molecule has 0 aliphatic rings. The van der Waals surface area contributed by atoms with E-state index in [1.165, 1.54) is 4.68 Å². The van der Waals surface area contributed by atoms with E-state index in [4.69, 9.17) is 28.9 Å². The molecule has 0 aliphatic carbocycles. The topological polar surface area (TPSA) is 69.6 Å². The molecule has 0 atom stereocenters. The number of nitrogens with zero attached hydrogens (tertiary/aromatic N) is 4. The first-order valence-corrected chi connectivity index (χ1v) is 7.41. The van der Waals surface area contributed by atoms with Gasteiger partial charge in [-0.05, 0) is 56.7 Å². The minimum absolute atomic E-state index is 0.387. The highest BCUT2D eigenvalue weighted by Crippen LogP contribution is 2.31. The van der Waals surface area contributed by atoms with Gasteiger partial charge in [0.1, 0.15) is 0 Å². The number of benzene rings is 2. The van der Waals surface area contributed by atoms with Crippen LogP contribution in [0.15, 0.2) is 40.9 Å². The molecule has 0 aliphatic heterocycles. The van der Waals surface area contributed by atoms with Crippen LogP contribution in [0.25, 0.3) is 17.1 Å². The van der Waals surface area contributed by atoms with Gasteiger partial charge in [-0.1, -0.05) is 29.3 Å². The fraction of sp³-hybridized carbons (Fsp3) is 0. The second-order valence-corrected chi connectivity index (χ2v) is 5.86. The summed E-state index contributed by atoms with van der Waals surface area (Å²) < 4.78 is 2.34. The van der Waals surface area contributed by atoms with Crippen molar-refractivity contribution in [2.45, 2.75) is 0 Å². The third-order valence-corrected chi connectivity index (χ3v) is 4.41. The molecule has 3 rings (SSSR count). The molecule has 1 heterocycles. The van der Waals surface area contributed by atoms with E-state index in [0.717, 1.165) is 10.0 Å². The summed E-state index contributed by atoms with van der Waals surface area (Å²) in [6, 6.07) is 10.8. The lowest BCUT2D eigenvalue weighted by molar-refractivity contribution is 0.791. The fourth-order valence-corrected chi connectivity index (χ4v) is 2.49. The van der Waals surface area contributed by atoms with E-state index in [9.17, 15) is 0 Å². The predicted octanol–water partition coefficient (Wildman–Crippen LogP) is 3.98. The van der Waals surface area contributed by atoms with Crippen LogP contribution in [0.3, 0.4) is 0 Å². The summed E-state index contributed by atoms with van der Waals surface area (Å²) in [7, 11) is 0. The summed E-state index contributed by atoms with van der Waals surface area (Å²) >= 11 is 15.6. The maximum atomic E-state index is 6.22. The third-order valence-electron chi connectivity index (χ3n) is 2.88. The Labute approximate surface area is 138 Å². The number of hydrogen-bond acceptors (Lipinski definition) is 4. The van der Waals surface area contributed by atoms with Gasteiger partial charge in [0.25, 0.3) is 0 Å². The molecule has 2 aromatic carbocycles. The number of nitrogens with two attached hydrogens (primary N) is 1. The lowest BCUT2D eigenvalue weighted by Crippen LogP contribution is -2.01. The first-order valence-electron chi connectivity index (χ1n) is 5.86. The van der Waals surface area contributed by atoms with Crippen molar-refractivity contribution in [3.63, 3.8) is 0 Å². The van der Waals surface area contributed by atoms with Gasteiger partial charge in [-0.25, -0.2) is 0 Å². The van der Waals surface area contributed by atoms with Gasteiger partial charge in [0.05, 0.1) is 15.7 Å². The Morgan fingerprint density at radius 2 is 1.95 bits per heavy atom. The summed E-state index contributed by atoms with van der Waals surface area (Å²) in [5, 5.41) is 12.5. The molecule has 0 amide bonds. The van der Waals surface area contributed by atoms with Crippen LogP contribution in [-0.2, 0) is 0 Å². The van der Waals surface area contributed by atoms with Crippen LogP contribution >= 0.6 is 39.1 Å². The second kappa shape index (κ2) is 5.63. The summed E-state index contributed by atoms with van der Waals surface area (Å²) in [4.78, 5) is 0. The molecule has 8 heteroatoms. The Hall–Kier alpha value is -1.63. The zero-order valence-electron chi connectivity index (χ0n) is 10.5. The number of tetrazole rings is 1. The minimum Gasteiger partial charge on any atom is -0.398 e. The fourth-order valence-electron chi connectivity index (χ4n) is 1.87. The Kier molecular flexibility index (Phi) is 3.84. The number of halogens is 3. The van der Waals surface area contributed by atoms with Crippen molar-refractivity contribution in [2.75, 3.05) is 5.73 Å². The molecule has 3 aromatic rings. The van der Waals surface area contributed by atoms with E-state index < -0.39 is 0 Å². The molecule has 0 radical (unpaired) electrons. The normalized spacial score (nSPS) is 10.8. The molecule has 5 nitrogen and oxygen atoms in total. The monoisotopic (exact) mass is 383 g/mol. The molecule has 1 aromatic heterocycles. The van der Waals surface area contributed by atoms with E-state index in [2.05, 4.69) is 31.5 Å². The zero-order chi connectivity index (χ0) is 15.0. The molecule has 0 saturated carbocycles. The van der Waals surface area contributed by atoms with Crippen LogP contribution in [0.5, 0.6) is 0 Å². The molecule has 21 heavy (non-hydrogen) atoms. The van der Waals surface area contributed by atoms with Crippen LogP contribution in [0.1, 0.15) is 0 Å². The molecular weight excluding hydrogens is 377 g/mol. The number of nitrogen functional groups attached to an aromatic ring is 1. The molecule has 0 saturated heterocycles. The average molecular weight is 385 g/mol. The highest BCUT2D eigenvalue weighted by molar-refractivity contribution is 9.10. The maximum absolute atomic E-state index is 6.22. The Morgan fingerprint density at radius 3 is 2.71 bits per heavy atom. The number of aromatic nitrogens is 4. The highest BCUT2D eigenvalue weighted by Gasteiger charge is 2.15. The van der Waals surface area contributed by atoms with Crippen molar-refractivity contribution in [1.82, 2.24) is 20.2 Å². The molecule has 0 fully saturated rings. The highest BCUT2D eigenvalue weighted by atomic mass is 79.9. The lowest BCUT2D eigenvalue weighted by atomic mass is 10.2. The van der Waals surface area contributed by atoms with Gasteiger partial charge in [-0.3, -0.25) is 0 Å². The Balaban J connectivity index is 2.17. The van der Waals surface area contributed by atoms with E-state index in [1.807, 2.05) is 12.1 Å². The minimum atomic E-state index is 0.387. The molecule has 0 bridgehead atoms. The standard InChI is InChI=1S/C13H8BrCl2N5/c14-8-5-4-7(6-10(8)17)13-18-19-20-21(13)11-3-1-2-9(15)12(11)16/h1-6H,17H2. The van der Waals surface area contributed by atoms with Gasteiger partial charge in [0, 0.05) is 15.7 Å². The van der Waals surface area contributed by atoms with Crippen LogP contribution in [-0.4, -0.2) is 20.2 Å². The summed E-state index contributed by atoms with van der Waals surface area (Å²) in [6.45, 7) is 0. The SMILES string of the molecule is Nc1cc(-c2nnnn2-c2cccc(Cl)c2Cl)ccc1Br. The van der Waals surface area contributed by atoms with Crippen molar-refractivity contribution in [3.8, 4) is 17.1 Å². The zero-order valence-corrected chi connectivity index (χ0v) is 13.6. The molecule has 106 valence electrons. The quantitative estimate of drug-likeness (QED) is 0.678. The van der Waals surface area contributed by atoms with E-state index in [-0.39, 0.29) is 0 Å². The van der Waals surface area contributed by atoms with Crippen molar-refractivity contribution in [1.29, 1.82) is 0 Å². The van der Waals surface area contributed by atoms with Crippen LogP contribution in [0, 0.1) is 0 Å². The predicted molar refractivity (Wildman–Crippen MR) is 86.7 cm³/mol. The second-order valence-electron chi connectivity index (χ2n) is 4.22. The van der Waals surface area contributed by atoms with Gasteiger partial charge >= 0.3 is 0 Å². The van der Waals surface area contributed by atoms with Gasteiger partial charge in [-0.15, -0.1) is 5.10 Å². The third kappa shape index (κ3) is 2.62. The Morgan fingerprint density at radius 1 is 1.14 bits per heavy atom. The van der Waals surface area contributed by atoms with E-state index >= 15 is 0 Å². The van der Waals surface area contributed by atoms with E-state index in [0.29, 0.717) is 27.2 Å². The lowest BCUT2D eigenvalue weighted by Gasteiger charge is -2.08. The van der Waals surface area contributed by atoms with Crippen molar-refractivity contribution >= 4 is 44.8 Å². The molecule has 2 N–H and O–H groups in total. The van der Waals surface area contributed by atoms with Crippen molar-refractivity contribution in [3.05, 3.63) is 50.9 Å². The molecule has 0 unspecified atom stereocenters. The van der Waals surface area contributed by atoms with Gasteiger partial charge < -0.3 is 5.73 Å². The molecule has 0 spiro atoms. The number of rotatable bonds is 2. The summed E-state index contributed by atoms with van der Waals surface area (Å²) in [5.74, 6) is 0.526. The Bertz CT molecular complexity index is 818. The van der Waals surface area contributed by atoms with Crippen molar-refractivity contribution in [2.24, 2.45) is 0 Å². The largest absolute Gasteiger partial charge is 0.398 e. The molecular formula is C13H8BrCl2N5. The smallest absolute Gasteiger partial charge is 0.187 e. The van der Waals surface area contributed by atoms with Crippen LogP contribution < -0.4 is 5.73 Å². The summed E-state index contributed by atoms with van der Waals surface area (Å²) in [5.41, 5.74) is 7.87. The first kappa shape index (κ1) is 14.3. The number of anilines is 1. The van der Waals surface area contributed by atoms with Gasteiger partial charge in [0.2, 0.25) is 0 Å².